The molecule has 0 saturated heterocycles. The number of aliphatic carboxylic acids is 1. The van der Waals surface area contributed by atoms with Gasteiger partial charge in [-0.05, 0) is 0 Å². The van der Waals surface area contributed by atoms with Gasteiger partial charge in [0.15, 0.2) is 0 Å². The fourth-order valence-electron chi connectivity index (χ4n) is 0.0781. The molecular weight excluding hydrogens is 157 g/mol. The molecule has 0 rings (SSSR count). The summed E-state index contributed by atoms with van der Waals surface area (Å²) in [6.45, 7) is 0. The first-order chi connectivity index (χ1) is 3.18. The van der Waals surface area contributed by atoms with Crippen molar-refractivity contribution in [3.05, 3.63) is 0 Å². The quantitative estimate of drug-likeness (QED) is 0.499. The van der Waals surface area contributed by atoms with Crippen LogP contribution in [0.25, 0.3) is 0 Å². The molecule has 0 saturated carbocycles. The van der Waals surface area contributed by atoms with E-state index < -0.39 is 12.0 Å². The van der Waals surface area contributed by atoms with Gasteiger partial charge >= 0.3 is 49.0 Å². The van der Waals surface area contributed by atoms with Gasteiger partial charge in [0.05, 0.1) is 0 Å². The molecule has 0 fully saturated rings. The Morgan fingerprint density at radius 1 is 2.00 bits per heavy atom. The number of hydrogen-bond donors (Lipinski definition) is 2. The van der Waals surface area contributed by atoms with Crippen molar-refractivity contribution >= 4 is 22.0 Å². The van der Waals surface area contributed by atoms with Gasteiger partial charge in [0.25, 0.3) is 0 Å². The normalized spacial score (nSPS) is 13.4. The molecule has 0 radical (unpaired) electrons. The third-order valence-electron chi connectivity index (χ3n) is 0.514. The van der Waals surface area contributed by atoms with Gasteiger partial charge in [-0.25, -0.2) is 0 Å². The van der Waals surface area contributed by atoms with E-state index in [0.29, 0.717) is 5.32 Å². The number of rotatable bonds is 2. The average Bonchev–Trinajstić information content (AvgIpc) is 1.65. The van der Waals surface area contributed by atoms with E-state index in [1.807, 2.05) is 0 Å². The number of hydrogen-bond acceptors (Lipinski definition) is 2. The van der Waals surface area contributed by atoms with E-state index >= 15 is 0 Å². The van der Waals surface area contributed by atoms with E-state index in [1.54, 1.807) is 0 Å². The minimum absolute atomic E-state index is 0.433. The van der Waals surface area contributed by atoms with E-state index in [4.69, 9.17) is 10.8 Å². The molecule has 0 aromatic rings. The molecule has 0 bridgehead atoms. The Morgan fingerprint density at radius 3 is 2.43 bits per heavy atom. The monoisotopic (exact) mass is 164 g/mol. The van der Waals surface area contributed by atoms with Crippen LogP contribution in [0.4, 0.5) is 0 Å². The Kier molecular flexibility index (Phi) is 3.00. The van der Waals surface area contributed by atoms with Gasteiger partial charge in [-0.15, -0.1) is 0 Å². The van der Waals surface area contributed by atoms with Gasteiger partial charge in [-0.2, -0.15) is 0 Å². The molecule has 0 heterocycles. The SMILES string of the molecule is N[C@@H](C[75SeH])C(=O)O. The average molecular weight is 164 g/mol. The molecule has 3 N–H and O–H groups in total. The van der Waals surface area contributed by atoms with Crippen LogP contribution in [0.1, 0.15) is 0 Å². The molecule has 7 heavy (non-hydrogen) atoms. The van der Waals surface area contributed by atoms with Crippen LogP contribution in [0.2, 0.25) is 5.32 Å². The van der Waals surface area contributed by atoms with Gasteiger partial charge in [0.1, 0.15) is 0 Å². The Labute approximate surface area is 49.7 Å². The summed E-state index contributed by atoms with van der Waals surface area (Å²) in [7, 11) is 0. The van der Waals surface area contributed by atoms with Crippen molar-refractivity contribution in [3.8, 4) is 0 Å². The molecule has 42 valence electrons. The van der Waals surface area contributed by atoms with Crippen molar-refractivity contribution in [1.29, 1.82) is 0 Å². The fraction of sp³-hybridized carbons (Fsp3) is 0.667. The summed E-state index contributed by atoms with van der Waals surface area (Å²) in [5.41, 5.74) is 5.00. The number of carbonyl (C=O) groups is 1. The predicted molar refractivity (Wildman–Crippen MR) is 27.6 cm³/mol. The maximum absolute atomic E-state index is 9.80. The molecule has 3 nitrogen and oxygen atoms in total. The summed E-state index contributed by atoms with van der Waals surface area (Å²) in [6, 6.07) is -0.708. The zero-order valence-corrected chi connectivity index (χ0v) is 5.54. The fourth-order valence-corrected chi connectivity index (χ4v) is 0.406. The van der Waals surface area contributed by atoms with E-state index in [0.717, 1.165) is 0 Å². The van der Waals surface area contributed by atoms with Crippen molar-refractivity contribution in [2.45, 2.75) is 11.4 Å². The van der Waals surface area contributed by atoms with Crippen LogP contribution in [0, 0.1) is 0 Å². The second kappa shape index (κ2) is 3.02. The number of nitrogens with two attached hydrogens (primary N) is 1. The van der Waals surface area contributed by atoms with Crippen LogP contribution < -0.4 is 5.73 Å². The molecule has 0 aliphatic heterocycles. The molecule has 0 aromatic heterocycles. The summed E-state index contributed by atoms with van der Waals surface area (Å²) in [5.74, 6) is -0.944. The van der Waals surface area contributed by atoms with E-state index in [2.05, 4.69) is 16.0 Å². The Bertz CT molecular complexity index is 75.3. The van der Waals surface area contributed by atoms with E-state index in [-0.39, 0.29) is 0 Å². The van der Waals surface area contributed by atoms with Crippen LogP contribution >= 0.6 is 0 Å². The second-order valence-electron chi connectivity index (χ2n) is 1.13. The van der Waals surface area contributed by atoms with Gasteiger partial charge in [0.2, 0.25) is 0 Å². The third-order valence-corrected chi connectivity index (χ3v) is 1.34. The van der Waals surface area contributed by atoms with Crippen LogP contribution in [0.15, 0.2) is 0 Å². The minimum atomic E-state index is -0.944. The standard InChI is InChI=1S/C3H7NO2Se/c4-2(1-7)3(5)6/h2,7H,1,4H2,(H,5,6)/t2-/m0/s1/i7-4. The molecule has 1 atom stereocenters. The molecule has 0 aromatic carbocycles. The third kappa shape index (κ3) is 2.62. The van der Waals surface area contributed by atoms with Crippen LogP contribution in [-0.4, -0.2) is 33.1 Å². The zero-order chi connectivity index (χ0) is 5.86. The summed E-state index contributed by atoms with van der Waals surface area (Å²) in [6.07, 6.45) is 0. The summed E-state index contributed by atoms with van der Waals surface area (Å²) in [5, 5.41) is 8.48. The molecule has 0 aliphatic rings. The molecule has 0 aliphatic carbocycles. The summed E-state index contributed by atoms with van der Waals surface area (Å²) < 4.78 is 0. The van der Waals surface area contributed by atoms with Crippen LogP contribution in [-0.2, 0) is 4.79 Å². The molecule has 4 heteroatoms. The summed E-state index contributed by atoms with van der Waals surface area (Å²) in [4.78, 5) is 9.80. The zero-order valence-electron chi connectivity index (χ0n) is 3.66. The molecular formula is C3H7NO2Se. The maximum atomic E-state index is 9.80. The van der Waals surface area contributed by atoms with Crippen molar-refractivity contribution in [2.75, 3.05) is 0 Å². The van der Waals surface area contributed by atoms with Gasteiger partial charge in [-0.3, -0.25) is 0 Å². The van der Waals surface area contributed by atoms with Crippen molar-refractivity contribution in [1.82, 2.24) is 0 Å². The Balaban J connectivity index is 3.34. The van der Waals surface area contributed by atoms with Crippen molar-refractivity contribution in [3.63, 3.8) is 0 Å². The topological polar surface area (TPSA) is 63.3 Å². The number of carboxylic acids is 1. The second-order valence-corrected chi connectivity index (χ2v) is 1.89. The number of carboxylic acid groups (broad SMARTS) is 1. The molecule has 0 amide bonds. The molecule has 0 unspecified atom stereocenters. The van der Waals surface area contributed by atoms with Gasteiger partial charge in [0, 0.05) is 0 Å². The molecule has 0 spiro atoms. The Morgan fingerprint density at radius 2 is 2.43 bits per heavy atom. The predicted octanol–water partition coefficient (Wildman–Crippen LogP) is -1.28. The van der Waals surface area contributed by atoms with Gasteiger partial charge in [-0.1, -0.05) is 0 Å². The van der Waals surface area contributed by atoms with Gasteiger partial charge < -0.3 is 0 Å². The first kappa shape index (κ1) is 6.95. The van der Waals surface area contributed by atoms with Crippen LogP contribution in [0.5, 0.6) is 0 Å². The first-order valence-corrected chi connectivity index (χ1v) is 3.10. The van der Waals surface area contributed by atoms with Crippen molar-refractivity contribution < 1.29 is 9.90 Å². The van der Waals surface area contributed by atoms with E-state index in [9.17, 15) is 4.79 Å². The summed E-state index contributed by atoms with van der Waals surface area (Å²) >= 11 is 2.13. The Hall–Kier alpha value is -0.0505. The van der Waals surface area contributed by atoms with Crippen molar-refractivity contribution in [2.24, 2.45) is 5.73 Å². The van der Waals surface area contributed by atoms with E-state index in [1.165, 1.54) is 0 Å². The van der Waals surface area contributed by atoms with Crippen LogP contribution in [0.3, 0.4) is 0 Å². The first-order valence-electron chi connectivity index (χ1n) is 1.77.